The van der Waals surface area contributed by atoms with Gasteiger partial charge >= 0.3 is 6.18 Å². The Morgan fingerprint density at radius 3 is 2.52 bits per heavy atom. The van der Waals surface area contributed by atoms with E-state index in [4.69, 9.17) is 0 Å². The molecule has 3 aromatic rings. The zero-order valence-electron chi connectivity index (χ0n) is 13.4. The van der Waals surface area contributed by atoms with Crippen molar-refractivity contribution in [2.45, 2.75) is 26.4 Å². The topological polar surface area (TPSA) is 69.6 Å². The summed E-state index contributed by atoms with van der Waals surface area (Å²) >= 11 is 0. The molecule has 3 rings (SSSR count). The molecule has 0 saturated heterocycles. The molecule has 0 aliphatic rings. The van der Waals surface area contributed by atoms with Crippen LogP contribution in [0.1, 0.15) is 22.5 Å². The van der Waals surface area contributed by atoms with Crippen LogP contribution < -0.4 is 0 Å². The number of aromatic nitrogens is 5. The Hall–Kier alpha value is -2.97. The summed E-state index contributed by atoms with van der Waals surface area (Å²) in [5.74, 6) is 0.519. The highest BCUT2D eigenvalue weighted by Gasteiger charge is 2.31. The van der Waals surface area contributed by atoms with Crippen molar-refractivity contribution in [1.29, 1.82) is 0 Å². The molecule has 0 radical (unpaired) electrons. The maximum atomic E-state index is 12.5. The molecule has 9 heteroatoms. The minimum absolute atomic E-state index is 0.000718. The normalized spacial score (nSPS) is 12.2. The summed E-state index contributed by atoms with van der Waals surface area (Å²) in [6.45, 7) is 3.96. The highest BCUT2D eigenvalue weighted by atomic mass is 19.4. The van der Waals surface area contributed by atoms with Crippen molar-refractivity contribution >= 4 is 12.3 Å². The number of nitrogens with zero attached hydrogens (tertiary/aromatic N) is 5. The van der Waals surface area contributed by atoms with Crippen molar-refractivity contribution in [3.63, 3.8) is 0 Å². The van der Waals surface area contributed by atoms with Gasteiger partial charge in [-0.2, -0.15) is 13.2 Å². The van der Waals surface area contributed by atoms with Crippen LogP contribution >= 0.6 is 0 Å². The summed E-state index contributed by atoms with van der Waals surface area (Å²) in [4.78, 5) is 4.21. The van der Waals surface area contributed by atoms with Crippen molar-refractivity contribution in [1.82, 2.24) is 25.1 Å². The van der Waals surface area contributed by atoms with Gasteiger partial charge in [-0.1, -0.05) is 27.5 Å². The first-order valence-corrected chi connectivity index (χ1v) is 7.36. The van der Waals surface area contributed by atoms with Crippen LogP contribution in [0.15, 0.2) is 29.2 Å². The van der Waals surface area contributed by atoms with Crippen LogP contribution in [-0.4, -0.2) is 31.3 Å². The largest absolute Gasteiger partial charge is 0.394 e. The lowest BCUT2D eigenvalue weighted by Crippen LogP contribution is -2.12. The second kappa shape index (κ2) is 6.50. The molecular weight excluding hydrogens is 335 g/mol. The van der Waals surface area contributed by atoms with Crippen LogP contribution in [0.4, 0.5) is 13.2 Å². The predicted molar refractivity (Wildman–Crippen MR) is 84.2 cm³/mol. The van der Waals surface area contributed by atoms with E-state index >= 15 is 0 Å². The van der Waals surface area contributed by atoms with E-state index < -0.39 is 12.6 Å². The fourth-order valence-electron chi connectivity index (χ4n) is 2.38. The highest BCUT2D eigenvalue weighted by Crippen LogP contribution is 2.22. The van der Waals surface area contributed by atoms with Crippen LogP contribution in [0, 0.1) is 13.8 Å². The van der Waals surface area contributed by atoms with Crippen LogP contribution in [0.25, 0.3) is 23.7 Å². The van der Waals surface area contributed by atoms with Gasteiger partial charge in [0.05, 0.1) is 6.42 Å². The van der Waals surface area contributed by atoms with Crippen molar-refractivity contribution < 1.29 is 17.8 Å². The molecule has 0 amide bonds. The van der Waals surface area contributed by atoms with Crippen molar-refractivity contribution in [2.75, 3.05) is 0 Å². The molecule has 0 aliphatic heterocycles. The van der Waals surface area contributed by atoms with Crippen molar-refractivity contribution in [3.8, 4) is 11.4 Å². The van der Waals surface area contributed by atoms with Gasteiger partial charge in [-0.25, -0.2) is 14.3 Å². The molecule has 0 bridgehead atoms. The van der Waals surface area contributed by atoms with E-state index in [-0.39, 0.29) is 11.4 Å². The summed E-state index contributed by atoms with van der Waals surface area (Å²) in [7, 11) is 0. The summed E-state index contributed by atoms with van der Waals surface area (Å²) in [6.07, 6.45) is -1.34. The van der Waals surface area contributed by atoms with E-state index in [1.165, 1.54) is 23.3 Å². The molecule has 0 N–H and O–H groups in total. The molecule has 0 atom stereocenters. The predicted octanol–water partition coefficient (Wildman–Crippen LogP) is 3.68. The fourth-order valence-corrected chi connectivity index (χ4v) is 2.38. The molecule has 1 aromatic carbocycles. The van der Waals surface area contributed by atoms with E-state index in [2.05, 4.69) is 25.0 Å². The lowest BCUT2D eigenvalue weighted by atomic mass is 10.1. The molecule has 0 aliphatic carbocycles. The molecule has 130 valence electrons. The first-order valence-electron chi connectivity index (χ1n) is 7.36. The highest BCUT2D eigenvalue weighted by molar-refractivity contribution is 5.60. The second-order valence-electron chi connectivity index (χ2n) is 5.63. The number of hydrogen-bond acceptors (Lipinski definition) is 5. The van der Waals surface area contributed by atoms with Gasteiger partial charge in [0.2, 0.25) is 0 Å². The minimum atomic E-state index is -4.38. The third-order valence-electron chi connectivity index (χ3n) is 3.33. The van der Waals surface area contributed by atoms with Crippen LogP contribution in [0.3, 0.4) is 0 Å². The Morgan fingerprint density at radius 2 is 1.84 bits per heavy atom. The van der Waals surface area contributed by atoms with E-state index in [0.29, 0.717) is 5.82 Å². The van der Waals surface area contributed by atoms with Crippen LogP contribution in [-0.2, 0) is 6.42 Å². The van der Waals surface area contributed by atoms with Gasteiger partial charge < -0.3 is 0 Å². The van der Waals surface area contributed by atoms with E-state index in [1.807, 2.05) is 32.0 Å². The van der Waals surface area contributed by atoms with Gasteiger partial charge in [-0.3, -0.25) is 0 Å². The van der Waals surface area contributed by atoms with E-state index in [9.17, 15) is 13.2 Å². The zero-order chi connectivity index (χ0) is 18.0. The molecular formula is C16H14F3N5O. The quantitative estimate of drug-likeness (QED) is 0.719. The molecule has 0 spiro atoms. The molecule has 0 saturated carbocycles. The molecule has 0 unspecified atom stereocenters. The lowest BCUT2D eigenvalue weighted by Gasteiger charge is -2.02. The number of benzene rings is 1. The molecule has 6 nitrogen and oxygen atoms in total. The summed E-state index contributed by atoms with van der Waals surface area (Å²) < 4.78 is 43.1. The number of halogens is 3. The minimum Gasteiger partial charge on any atom is -0.244 e. The van der Waals surface area contributed by atoms with E-state index in [1.54, 1.807) is 0 Å². The number of rotatable bonds is 4. The van der Waals surface area contributed by atoms with Gasteiger partial charge in [0.15, 0.2) is 5.82 Å². The smallest absolute Gasteiger partial charge is 0.244 e. The zero-order valence-corrected chi connectivity index (χ0v) is 13.4. The molecule has 2 aromatic heterocycles. The Balaban J connectivity index is 1.80. The lowest BCUT2D eigenvalue weighted by molar-refractivity contribution is -0.128. The van der Waals surface area contributed by atoms with Crippen molar-refractivity contribution in [2.24, 2.45) is 0 Å². The maximum absolute atomic E-state index is 12.5. The van der Waals surface area contributed by atoms with E-state index in [0.717, 1.165) is 16.7 Å². The molecule has 0 fully saturated rings. The first kappa shape index (κ1) is 16.9. The number of hydrogen-bond donors (Lipinski definition) is 0. The standard InChI is InChI=1S/C16H14F3N5O/c1-10-5-11(2)7-12(6-10)15-20-9-24(21-15)4-3-13-14(23-25-22-13)8-16(17,18)19/h3-7,9H,8H2,1-2H3/b4-3-. The van der Waals surface area contributed by atoms with Crippen LogP contribution in [0.2, 0.25) is 0 Å². The van der Waals surface area contributed by atoms with Crippen molar-refractivity contribution in [3.05, 3.63) is 47.0 Å². The fraction of sp³-hybridized carbons (Fsp3) is 0.250. The van der Waals surface area contributed by atoms with Gasteiger partial charge in [-0.05, 0) is 32.1 Å². The first-order chi connectivity index (χ1) is 11.8. The molecule has 2 heterocycles. The van der Waals surface area contributed by atoms with Gasteiger partial charge in [0.25, 0.3) is 0 Å². The van der Waals surface area contributed by atoms with Gasteiger partial charge in [0.1, 0.15) is 17.7 Å². The van der Waals surface area contributed by atoms with Gasteiger partial charge in [0, 0.05) is 11.8 Å². The third kappa shape index (κ3) is 4.31. The third-order valence-corrected chi connectivity index (χ3v) is 3.33. The summed E-state index contributed by atoms with van der Waals surface area (Å²) in [5.41, 5.74) is 2.77. The Morgan fingerprint density at radius 1 is 1.12 bits per heavy atom. The SMILES string of the molecule is Cc1cc(C)cc(-c2ncn(/C=C\c3nonc3CC(F)(F)F)n2)c1. The number of aryl methyl sites for hydroxylation is 2. The Bertz CT molecular complexity index is 890. The average molecular weight is 349 g/mol. The summed E-state index contributed by atoms with van der Waals surface area (Å²) in [6, 6.07) is 5.96. The second-order valence-corrected chi connectivity index (χ2v) is 5.63. The Kier molecular flexibility index (Phi) is 4.39. The maximum Gasteiger partial charge on any atom is 0.394 e. The average Bonchev–Trinajstić information content (AvgIpc) is 3.11. The Labute approximate surface area is 141 Å². The van der Waals surface area contributed by atoms with Gasteiger partial charge in [-0.15, -0.1) is 5.10 Å². The van der Waals surface area contributed by atoms with Crippen LogP contribution in [0.5, 0.6) is 0 Å². The number of alkyl halides is 3. The monoisotopic (exact) mass is 349 g/mol. The molecule has 25 heavy (non-hydrogen) atoms. The summed E-state index contributed by atoms with van der Waals surface area (Å²) in [5, 5.41) is 11.0.